The molecule has 3 heteroatoms. The van der Waals surface area contributed by atoms with Gasteiger partial charge in [0.2, 0.25) is 5.91 Å². The van der Waals surface area contributed by atoms with Crippen LogP contribution >= 0.6 is 0 Å². The molecule has 0 aromatic rings. The highest BCUT2D eigenvalue weighted by Gasteiger charge is 2.23. The van der Waals surface area contributed by atoms with E-state index in [0.717, 1.165) is 25.8 Å². The normalized spacial score (nSPS) is 13.3. The van der Waals surface area contributed by atoms with Crippen LogP contribution < -0.4 is 10.6 Å². The zero-order valence-corrected chi connectivity index (χ0v) is 21.3. The van der Waals surface area contributed by atoms with E-state index in [0.29, 0.717) is 6.42 Å². The number of rotatable bonds is 23. The lowest BCUT2D eigenvalue weighted by molar-refractivity contribution is -0.123. The molecule has 1 amide bonds. The van der Waals surface area contributed by atoms with Gasteiger partial charge in [0.1, 0.15) is 0 Å². The van der Waals surface area contributed by atoms with Crippen molar-refractivity contribution >= 4 is 5.91 Å². The van der Waals surface area contributed by atoms with Crippen molar-refractivity contribution in [1.82, 2.24) is 10.6 Å². The Morgan fingerprint density at radius 1 is 0.600 bits per heavy atom. The highest BCUT2D eigenvalue weighted by molar-refractivity contribution is 5.76. The summed E-state index contributed by atoms with van der Waals surface area (Å²) in [7, 11) is 0. The molecule has 1 atom stereocenters. The topological polar surface area (TPSA) is 41.1 Å². The van der Waals surface area contributed by atoms with Gasteiger partial charge < -0.3 is 5.32 Å². The van der Waals surface area contributed by atoms with E-state index in [2.05, 4.69) is 38.3 Å². The van der Waals surface area contributed by atoms with Crippen LogP contribution in [-0.4, -0.2) is 18.1 Å². The second kappa shape index (κ2) is 21.7. The van der Waals surface area contributed by atoms with Crippen LogP contribution in [0.5, 0.6) is 0 Å². The first-order valence-corrected chi connectivity index (χ1v) is 13.6. The Morgan fingerprint density at radius 3 is 1.37 bits per heavy atom. The number of hydrogen-bond donors (Lipinski definition) is 2. The maximum absolute atomic E-state index is 12.2. The molecule has 0 radical (unpaired) electrons. The summed E-state index contributed by atoms with van der Waals surface area (Å²) in [6.45, 7) is 9.54. The van der Waals surface area contributed by atoms with E-state index in [-0.39, 0.29) is 11.6 Å². The van der Waals surface area contributed by atoms with Gasteiger partial charge in [-0.05, 0) is 26.3 Å². The third-order valence-electron chi connectivity index (χ3n) is 6.24. The quantitative estimate of drug-likeness (QED) is 0.128. The highest BCUT2D eigenvalue weighted by atomic mass is 16.1. The Bertz CT molecular complexity index is 364. The van der Waals surface area contributed by atoms with Gasteiger partial charge in [-0.2, -0.15) is 0 Å². The third-order valence-corrected chi connectivity index (χ3v) is 6.24. The van der Waals surface area contributed by atoms with E-state index in [4.69, 9.17) is 0 Å². The average Bonchev–Trinajstić information content (AvgIpc) is 2.70. The van der Waals surface area contributed by atoms with Crippen LogP contribution in [0.2, 0.25) is 0 Å². The van der Waals surface area contributed by atoms with Crippen molar-refractivity contribution in [3.05, 3.63) is 0 Å². The fourth-order valence-electron chi connectivity index (χ4n) is 4.47. The summed E-state index contributed by atoms with van der Waals surface area (Å²) in [6, 6.07) is 0. The van der Waals surface area contributed by atoms with Gasteiger partial charge in [0.05, 0.1) is 5.66 Å². The molecule has 3 nitrogen and oxygen atoms in total. The standard InChI is InChI=1S/C27H56N2O/c1-5-8-9-10-11-12-13-14-15-16-17-18-19-20-21-22-23-24-26(30)29-27(4,25-6-2)28-7-3/h28H,5-25H2,1-4H3,(H,29,30). The molecule has 0 heterocycles. The Labute approximate surface area is 189 Å². The molecule has 0 bridgehead atoms. The van der Waals surface area contributed by atoms with E-state index >= 15 is 0 Å². The summed E-state index contributed by atoms with van der Waals surface area (Å²) in [5.41, 5.74) is -0.241. The molecule has 0 aromatic carbocycles. The van der Waals surface area contributed by atoms with Gasteiger partial charge in [0, 0.05) is 6.42 Å². The van der Waals surface area contributed by atoms with E-state index in [1.54, 1.807) is 0 Å². The average molecular weight is 425 g/mol. The first-order chi connectivity index (χ1) is 14.6. The van der Waals surface area contributed by atoms with Crippen LogP contribution in [0, 0.1) is 0 Å². The monoisotopic (exact) mass is 424 g/mol. The summed E-state index contributed by atoms with van der Waals surface area (Å²) in [5.74, 6) is 0.202. The molecule has 2 N–H and O–H groups in total. The third kappa shape index (κ3) is 19.4. The molecule has 180 valence electrons. The van der Waals surface area contributed by atoms with Crippen molar-refractivity contribution in [2.45, 2.75) is 162 Å². The summed E-state index contributed by atoms with van der Waals surface area (Å²) in [5, 5.41) is 6.62. The maximum Gasteiger partial charge on any atom is 0.221 e. The van der Waals surface area contributed by atoms with Crippen molar-refractivity contribution < 1.29 is 4.79 Å². The van der Waals surface area contributed by atoms with Crippen molar-refractivity contribution in [2.75, 3.05) is 6.54 Å². The largest absolute Gasteiger partial charge is 0.338 e. The molecule has 0 aliphatic carbocycles. The van der Waals surface area contributed by atoms with E-state index in [1.807, 2.05) is 0 Å². The van der Waals surface area contributed by atoms with Crippen molar-refractivity contribution in [1.29, 1.82) is 0 Å². The van der Waals surface area contributed by atoms with Gasteiger partial charge in [-0.15, -0.1) is 0 Å². The van der Waals surface area contributed by atoms with Crippen LogP contribution in [-0.2, 0) is 4.79 Å². The minimum atomic E-state index is -0.241. The maximum atomic E-state index is 12.2. The second-order valence-electron chi connectivity index (χ2n) is 9.57. The number of nitrogens with one attached hydrogen (secondary N) is 2. The summed E-state index contributed by atoms with van der Waals surface area (Å²) in [4.78, 5) is 12.2. The molecule has 30 heavy (non-hydrogen) atoms. The van der Waals surface area contributed by atoms with Crippen molar-refractivity contribution in [3.8, 4) is 0 Å². The van der Waals surface area contributed by atoms with Gasteiger partial charge in [0.25, 0.3) is 0 Å². The van der Waals surface area contributed by atoms with Gasteiger partial charge in [-0.1, -0.05) is 130 Å². The predicted molar refractivity (Wildman–Crippen MR) is 134 cm³/mol. The fourth-order valence-corrected chi connectivity index (χ4v) is 4.47. The fraction of sp³-hybridized carbons (Fsp3) is 0.963. The van der Waals surface area contributed by atoms with Crippen LogP contribution in [0.25, 0.3) is 0 Å². The molecule has 0 spiro atoms. The van der Waals surface area contributed by atoms with E-state index in [1.165, 1.54) is 103 Å². The summed E-state index contributed by atoms with van der Waals surface area (Å²) >= 11 is 0. The molecule has 0 aliphatic rings. The molecule has 0 fully saturated rings. The van der Waals surface area contributed by atoms with Gasteiger partial charge in [-0.25, -0.2) is 0 Å². The molecule has 0 rings (SSSR count). The smallest absolute Gasteiger partial charge is 0.221 e. The SMILES string of the molecule is CCCCCCCCCCCCCCCCCCCC(=O)NC(C)(CCC)NCC. The molecular formula is C27H56N2O. The highest BCUT2D eigenvalue weighted by Crippen LogP contribution is 2.15. The molecule has 0 saturated carbocycles. The van der Waals surface area contributed by atoms with Crippen LogP contribution in [0.3, 0.4) is 0 Å². The molecule has 1 unspecified atom stereocenters. The van der Waals surface area contributed by atoms with Crippen molar-refractivity contribution in [3.63, 3.8) is 0 Å². The predicted octanol–water partition coefficient (Wildman–Crippen LogP) is 8.27. The number of carbonyl (C=O) groups excluding carboxylic acids is 1. The lowest BCUT2D eigenvalue weighted by Crippen LogP contribution is -2.56. The second-order valence-corrected chi connectivity index (χ2v) is 9.57. The van der Waals surface area contributed by atoms with E-state index in [9.17, 15) is 4.79 Å². The van der Waals surface area contributed by atoms with Crippen molar-refractivity contribution in [2.24, 2.45) is 0 Å². The number of hydrogen-bond acceptors (Lipinski definition) is 2. The number of unbranched alkanes of at least 4 members (excludes halogenated alkanes) is 16. The lowest BCUT2D eigenvalue weighted by atomic mass is 10.0. The molecule has 0 saturated heterocycles. The lowest BCUT2D eigenvalue weighted by Gasteiger charge is -2.31. The minimum absolute atomic E-state index is 0.202. The van der Waals surface area contributed by atoms with Gasteiger partial charge >= 0.3 is 0 Å². The number of amides is 1. The first-order valence-electron chi connectivity index (χ1n) is 13.6. The molecular weight excluding hydrogens is 368 g/mol. The van der Waals surface area contributed by atoms with E-state index < -0.39 is 0 Å². The Hall–Kier alpha value is -0.570. The summed E-state index contributed by atoms with van der Waals surface area (Å²) < 4.78 is 0. The number of carbonyl (C=O) groups is 1. The Balaban J connectivity index is 3.37. The summed E-state index contributed by atoms with van der Waals surface area (Å²) in [6.07, 6.45) is 26.1. The van der Waals surface area contributed by atoms with Crippen LogP contribution in [0.15, 0.2) is 0 Å². The Kier molecular flexibility index (Phi) is 21.2. The first kappa shape index (κ1) is 29.4. The molecule has 0 aliphatic heterocycles. The molecule has 0 aromatic heterocycles. The van der Waals surface area contributed by atoms with Crippen LogP contribution in [0.4, 0.5) is 0 Å². The zero-order valence-electron chi connectivity index (χ0n) is 21.3. The van der Waals surface area contributed by atoms with Gasteiger partial charge in [-0.3, -0.25) is 10.1 Å². The van der Waals surface area contributed by atoms with Gasteiger partial charge in [0.15, 0.2) is 0 Å². The Morgan fingerprint density at radius 2 is 1.00 bits per heavy atom. The van der Waals surface area contributed by atoms with Crippen LogP contribution in [0.1, 0.15) is 156 Å². The zero-order chi connectivity index (χ0) is 22.3. The minimum Gasteiger partial charge on any atom is -0.338 e.